The Labute approximate surface area is 94.9 Å². The SMILES string of the molecule is C=C1CC([N+](=O)[O-])CCC1c1ccccc1. The molecule has 0 aliphatic heterocycles. The summed E-state index contributed by atoms with van der Waals surface area (Å²) in [5.74, 6) is 0.303. The molecule has 3 nitrogen and oxygen atoms in total. The average Bonchev–Trinajstić information content (AvgIpc) is 2.30. The van der Waals surface area contributed by atoms with E-state index in [1.54, 1.807) is 0 Å². The van der Waals surface area contributed by atoms with Crippen LogP contribution in [0.3, 0.4) is 0 Å². The van der Waals surface area contributed by atoms with Gasteiger partial charge in [0.05, 0.1) is 0 Å². The van der Waals surface area contributed by atoms with E-state index in [4.69, 9.17) is 0 Å². The summed E-state index contributed by atoms with van der Waals surface area (Å²) in [7, 11) is 0. The Balaban J connectivity index is 2.11. The lowest BCUT2D eigenvalue weighted by molar-refractivity contribution is -0.524. The summed E-state index contributed by atoms with van der Waals surface area (Å²) in [6.45, 7) is 4.00. The summed E-state index contributed by atoms with van der Waals surface area (Å²) >= 11 is 0. The fourth-order valence-electron chi connectivity index (χ4n) is 2.38. The second-order valence-corrected chi connectivity index (χ2v) is 4.34. The maximum absolute atomic E-state index is 10.7. The number of nitrogens with zero attached hydrogens (tertiary/aromatic N) is 1. The van der Waals surface area contributed by atoms with Gasteiger partial charge in [-0.25, -0.2) is 0 Å². The van der Waals surface area contributed by atoms with Crippen molar-refractivity contribution in [3.05, 3.63) is 58.2 Å². The van der Waals surface area contributed by atoms with Gasteiger partial charge in [0.2, 0.25) is 6.04 Å². The zero-order valence-electron chi connectivity index (χ0n) is 9.13. The first-order chi connectivity index (χ1) is 7.68. The number of benzene rings is 1. The van der Waals surface area contributed by atoms with Gasteiger partial charge in [-0.3, -0.25) is 10.1 Å². The molecule has 2 rings (SSSR count). The molecule has 1 aliphatic rings. The molecule has 0 aromatic heterocycles. The quantitative estimate of drug-likeness (QED) is 0.434. The molecule has 1 aromatic carbocycles. The first-order valence-electron chi connectivity index (χ1n) is 5.54. The fourth-order valence-corrected chi connectivity index (χ4v) is 2.38. The summed E-state index contributed by atoms with van der Waals surface area (Å²) in [6.07, 6.45) is 2.02. The van der Waals surface area contributed by atoms with Crippen molar-refractivity contribution in [2.45, 2.75) is 31.2 Å². The van der Waals surface area contributed by atoms with Crippen LogP contribution in [0.25, 0.3) is 0 Å². The molecule has 1 aliphatic carbocycles. The van der Waals surface area contributed by atoms with Crippen molar-refractivity contribution in [3.63, 3.8) is 0 Å². The standard InChI is InChI=1S/C13H15NO2/c1-10-9-12(14(15)16)7-8-13(10)11-5-3-2-4-6-11/h2-6,12-13H,1,7-9H2. The Morgan fingerprint density at radius 2 is 1.94 bits per heavy atom. The smallest absolute Gasteiger partial charge is 0.216 e. The zero-order valence-corrected chi connectivity index (χ0v) is 9.13. The van der Waals surface area contributed by atoms with E-state index >= 15 is 0 Å². The highest BCUT2D eigenvalue weighted by Gasteiger charge is 2.31. The molecule has 0 radical (unpaired) electrons. The molecule has 0 saturated heterocycles. The van der Waals surface area contributed by atoms with Crippen LogP contribution in [0.4, 0.5) is 0 Å². The molecule has 3 heteroatoms. The van der Waals surface area contributed by atoms with Crippen molar-refractivity contribution in [1.29, 1.82) is 0 Å². The number of hydrogen-bond donors (Lipinski definition) is 0. The monoisotopic (exact) mass is 217 g/mol. The molecule has 0 amide bonds. The van der Waals surface area contributed by atoms with E-state index in [0.29, 0.717) is 18.8 Å². The largest absolute Gasteiger partial charge is 0.264 e. The van der Waals surface area contributed by atoms with Crippen LogP contribution >= 0.6 is 0 Å². The van der Waals surface area contributed by atoms with E-state index in [1.165, 1.54) is 5.56 Å². The third-order valence-corrected chi connectivity index (χ3v) is 3.28. The molecule has 0 N–H and O–H groups in total. The summed E-state index contributed by atoms with van der Waals surface area (Å²) < 4.78 is 0. The normalized spacial score (nSPS) is 25.4. The molecule has 16 heavy (non-hydrogen) atoms. The minimum absolute atomic E-state index is 0.174. The molecule has 1 aromatic rings. The van der Waals surface area contributed by atoms with E-state index in [2.05, 4.69) is 18.7 Å². The van der Waals surface area contributed by atoms with Gasteiger partial charge >= 0.3 is 0 Å². The van der Waals surface area contributed by atoms with Gasteiger partial charge in [0.1, 0.15) is 0 Å². The van der Waals surface area contributed by atoms with Crippen molar-refractivity contribution in [1.82, 2.24) is 0 Å². The number of nitro groups is 1. The predicted octanol–water partition coefficient (Wildman–Crippen LogP) is 3.16. The van der Waals surface area contributed by atoms with Crippen LogP contribution in [-0.4, -0.2) is 11.0 Å². The van der Waals surface area contributed by atoms with Gasteiger partial charge in [-0.05, 0) is 12.0 Å². The van der Waals surface area contributed by atoms with E-state index in [1.807, 2.05) is 18.2 Å². The van der Waals surface area contributed by atoms with Gasteiger partial charge in [0.15, 0.2) is 0 Å². The molecule has 1 fully saturated rings. The predicted molar refractivity (Wildman–Crippen MR) is 63.0 cm³/mol. The molecule has 0 spiro atoms. The van der Waals surface area contributed by atoms with Crippen LogP contribution < -0.4 is 0 Å². The third-order valence-electron chi connectivity index (χ3n) is 3.28. The van der Waals surface area contributed by atoms with Gasteiger partial charge in [-0.2, -0.15) is 0 Å². The first-order valence-corrected chi connectivity index (χ1v) is 5.54. The lowest BCUT2D eigenvalue weighted by Gasteiger charge is -2.26. The molecule has 0 bridgehead atoms. The van der Waals surface area contributed by atoms with Crippen LogP contribution in [-0.2, 0) is 0 Å². The molecular weight excluding hydrogens is 202 g/mol. The summed E-state index contributed by atoms with van der Waals surface area (Å²) in [6, 6.07) is 9.71. The van der Waals surface area contributed by atoms with Crippen LogP contribution in [0.1, 0.15) is 30.7 Å². The van der Waals surface area contributed by atoms with Crippen LogP contribution in [0.2, 0.25) is 0 Å². The van der Waals surface area contributed by atoms with Gasteiger partial charge < -0.3 is 0 Å². The number of rotatable bonds is 2. The van der Waals surface area contributed by atoms with Gasteiger partial charge in [0, 0.05) is 23.7 Å². The Bertz CT molecular complexity index is 400. The highest BCUT2D eigenvalue weighted by atomic mass is 16.6. The average molecular weight is 217 g/mol. The highest BCUT2D eigenvalue weighted by molar-refractivity contribution is 5.29. The molecule has 2 atom stereocenters. The van der Waals surface area contributed by atoms with Crippen molar-refractivity contribution >= 4 is 0 Å². The maximum atomic E-state index is 10.7. The van der Waals surface area contributed by atoms with Crippen LogP contribution in [0.15, 0.2) is 42.5 Å². The third kappa shape index (κ3) is 2.13. The van der Waals surface area contributed by atoms with Crippen molar-refractivity contribution < 1.29 is 4.92 Å². The second kappa shape index (κ2) is 4.47. The molecule has 84 valence electrons. The van der Waals surface area contributed by atoms with E-state index in [-0.39, 0.29) is 4.92 Å². The molecule has 0 heterocycles. The lowest BCUT2D eigenvalue weighted by Crippen LogP contribution is -2.26. The summed E-state index contributed by atoms with van der Waals surface area (Å²) in [5.41, 5.74) is 2.23. The zero-order chi connectivity index (χ0) is 11.5. The minimum atomic E-state index is -0.424. The summed E-state index contributed by atoms with van der Waals surface area (Å²) in [5, 5.41) is 10.7. The van der Waals surface area contributed by atoms with Crippen LogP contribution in [0, 0.1) is 10.1 Å². The van der Waals surface area contributed by atoms with E-state index in [9.17, 15) is 10.1 Å². The molecular formula is C13H15NO2. The number of hydrogen-bond acceptors (Lipinski definition) is 2. The fraction of sp³-hybridized carbons (Fsp3) is 0.385. The molecule has 2 unspecified atom stereocenters. The minimum Gasteiger partial charge on any atom is -0.264 e. The first kappa shape index (κ1) is 10.9. The maximum Gasteiger partial charge on any atom is 0.216 e. The highest BCUT2D eigenvalue weighted by Crippen LogP contribution is 2.36. The topological polar surface area (TPSA) is 43.1 Å². The Kier molecular flexibility index (Phi) is 3.04. The van der Waals surface area contributed by atoms with Gasteiger partial charge in [0.25, 0.3) is 0 Å². The Hall–Kier alpha value is -1.64. The Morgan fingerprint density at radius 3 is 2.50 bits per heavy atom. The van der Waals surface area contributed by atoms with E-state index < -0.39 is 6.04 Å². The van der Waals surface area contributed by atoms with E-state index in [0.717, 1.165) is 12.0 Å². The molecule has 1 saturated carbocycles. The van der Waals surface area contributed by atoms with Crippen molar-refractivity contribution in [3.8, 4) is 0 Å². The summed E-state index contributed by atoms with van der Waals surface area (Å²) in [4.78, 5) is 10.5. The van der Waals surface area contributed by atoms with Gasteiger partial charge in [-0.1, -0.05) is 42.5 Å². The Morgan fingerprint density at radius 1 is 1.25 bits per heavy atom. The lowest BCUT2D eigenvalue weighted by atomic mass is 9.79. The van der Waals surface area contributed by atoms with Gasteiger partial charge in [-0.15, -0.1) is 0 Å². The van der Waals surface area contributed by atoms with Crippen LogP contribution in [0.5, 0.6) is 0 Å². The van der Waals surface area contributed by atoms with Crippen molar-refractivity contribution in [2.75, 3.05) is 0 Å². The van der Waals surface area contributed by atoms with Crippen molar-refractivity contribution in [2.24, 2.45) is 0 Å². The second-order valence-electron chi connectivity index (χ2n) is 4.34.